The van der Waals surface area contributed by atoms with Crippen LogP contribution in [0.25, 0.3) is 11.0 Å². The second kappa shape index (κ2) is 9.06. The summed E-state index contributed by atoms with van der Waals surface area (Å²) in [7, 11) is 0. The van der Waals surface area contributed by atoms with E-state index < -0.39 is 17.2 Å². The number of hydrogen-bond acceptors (Lipinski definition) is 6. The van der Waals surface area contributed by atoms with Crippen molar-refractivity contribution in [3.05, 3.63) is 62.4 Å². The van der Waals surface area contributed by atoms with Crippen LogP contribution in [0.5, 0.6) is 0 Å². The van der Waals surface area contributed by atoms with E-state index in [9.17, 15) is 14.4 Å². The van der Waals surface area contributed by atoms with Crippen LogP contribution in [0.3, 0.4) is 0 Å². The van der Waals surface area contributed by atoms with Gasteiger partial charge >= 0.3 is 5.69 Å². The molecule has 2 aromatic heterocycles. The summed E-state index contributed by atoms with van der Waals surface area (Å²) in [5.41, 5.74) is 1.81. The second-order valence-electron chi connectivity index (χ2n) is 9.44. The van der Waals surface area contributed by atoms with Gasteiger partial charge in [-0.2, -0.15) is 0 Å². The Hall–Kier alpha value is -3.46. The minimum atomic E-state index is -0.595. The number of benzene rings is 1. The number of aromatic nitrogens is 3. The average Bonchev–Trinajstić information content (AvgIpc) is 3.67. The Morgan fingerprint density at radius 3 is 2.68 bits per heavy atom. The Balaban J connectivity index is 1.56. The van der Waals surface area contributed by atoms with Crippen molar-refractivity contribution in [2.75, 3.05) is 36.5 Å². The number of rotatable bonds is 6. The largest absolute Gasteiger partial charge is 0.378 e. The number of ether oxygens (including phenoxy) is 1. The highest BCUT2D eigenvalue weighted by Crippen LogP contribution is 2.40. The van der Waals surface area contributed by atoms with Gasteiger partial charge < -0.3 is 15.0 Å². The van der Waals surface area contributed by atoms with Gasteiger partial charge in [0.25, 0.3) is 11.5 Å². The van der Waals surface area contributed by atoms with Crippen LogP contribution in [0.4, 0.5) is 11.4 Å². The normalized spacial score (nSPS) is 16.3. The Kier molecular flexibility index (Phi) is 5.95. The molecule has 5 rings (SSSR count). The van der Waals surface area contributed by atoms with E-state index >= 15 is 0 Å². The van der Waals surface area contributed by atoms with Crippen molar-refractivity contribution in [3.63, 3.8) is 0 Å². The van der Waals surface area contributed by atoms with E-state index in [1.807, 2.05) is 38.1 Å². The van der Waals surface area contributed by atoms with Crippen molar-refractivity contribution in [2.24, 2.45) is 5.92 Å². The molecule has 0 atom stereocenters. The third-order valence-electron chi connectivity index (χ3n) is 6.24. The van der Waals surface area contributed by atoms with Crippen molar-refractivity contribution in [2.45, 2.75) is 39.2 Å². The van der Waals surface area contributed by atoms with E-state index in [4.69, 9.17) is 4.74 Å². The molecule has 0 spiro atoms. The maximum absolute atomic E-state index is 13.5. The van der Waals surface area contributed by atoms with Crippen molar-refractivity contribution >= 4 is 28.3 Å². The molecule has 3 aromatic rings. The summed E-state index contributed by atoms with van der Waals surface area (Å²) in [4.78, 5) is 48.2. The third kappa shape index (κ3) is 4.48. The lowest BCUT2D eigenvalue weighted by molar-refractivity contribution is 0.102. The van der Waals surface area contributed by atoms with Crippen LogP contribution in [-0.4, -0.2) is 46.7 Å². The lowest BCUT2D eigenvalue weighted by Crippen LogP contribution is -2.36. The molecule has 1 amide bonds. The fourth-order valence-electron chi connectivity index (χ4n) is 4.40. The number of H-pyrrole nitrogens is 1. The number of amides is 1. The molecule has 3 heterocycles. The van der Waals surface area contributed by atoms with E-state index in [-0.39, 0.29) is 28.4 Å². The molecule has 34 heavy (non-hydrogen) atoms. The summed E-state index contributed by atoms with van der Waals surface area (Å²) in [5, 5.41) is 3.10. The third-order valence-corrected chi connectivity index (χ3v) is 6.24. The molecule has 1 saturated carbocycles. The molecule has 2 aliphatic rings. The second-order valence-corrected chi connectivity index (χ2v) is 9.44. The molecule has 9 heteroatoms. The van der Waals surface area contributed by atoms with Gasteiger partial charge in [-0.05, 0) is 43.0 Å². The molecule has 1 saturated heterocycles. The SMILES string of the molecule is CC(C)Cn1c(=O)[nH]c(=O)c2c(C(=O)Nc3cccc(N4CCOCC4)c3)cc(C3CC3)nc21. The van der Waals surface area contributed by atoms with Crippen molar-refractivity contribution in [3.8, 4) is 0 Å². The van der Waals surface area contributed by atoms with Crippen molar-refractivity contribution in [1.82, 2.24) is 14.5 Å². The van der Waals surface area contributed by atoms with Crippen LogP contribution < -0.4 is 21.5 Å². The quantitative estimate of drug-likeness (QED) is 0.582. The Bertz CT molecular complexity index is 1350. The number of fused-ring (bicyclic) bond motifs is 1. The summed E-state index contributed by atoms with van der Waals surface area (Å²) < 4.78 is 6.90. The number of pyridine rings is 1. The Labute approximate surface area is 196 Å². The molecule has 2 N–H and O–H groups in total. The van der Waals surface area contributed by atoms with Gasteiger partial charge in [0, 0.05) is 42.6 Å². The van der Waals surface area contributed by atoms with Crippen molar-refractivity contribution in [1.29, 1.82) is 0 Å². The number of morpholine rings is 1. The number of carbonyl (C=O) groups excluding carboxylic acids is 1. The Morgan fingerprint density at radius 2 is 1.97 bits per heavy atom. The molecular weight excluding hydrogens is 434 g/mol. The van der Waals surface area contributed by atoms with Gasteiger partial charge in [-0.3, -0.25) is 19.1 Å². The highest BCUT2D eigenvalue weighted by atomic mass is 16.5. The highest BCUT2D eigenvalue weighted by molar-refractivity contribution is 6.12. The molecule has 178 valence electrons. The number of nitrogens with one attached hydrogen (secondary N) is 2. The van der Waals surface area contributed by atoms with Gasteiger partial charge in [0.1, 0.15) is 0 Å². The maximum Gasteiger partial charge on any atom is 0.330 e. The minimum Gasteiger partial charge on any atom is -0.378 e. The van der Waals surface area contributed by atoms with Crippen LogP contribution in [0.1, 0.15) is 48.7 Å². The molecule has 9 nitrogen and oxygen atoms in total. The maximum atomic E-state index is 13.5. The van der Waals surface area contributed by atoms with E-state index in [0.29, 0.717) is 25.4 Å². The lowest BCUT2D eigenvalue weighted by atomic mass is 10.1. The predicted molar refractivity (Wildman–Crippen MR) is 131 cm³/mol. The standard InChI is InChI=1S/C25H29N5O4/c1-15(2)14-30-22-21(24(32)28-25(30)33)19(13-20(27-22)16-6-7-16)23(31)26-17-4-3-5-18(12-17)29-8-10-34-11-9-29/h3-5,12-13,15-16H,6-11,14H2,1-2H3,(H,26,31)(H,28,32,33). The molecule has 1 aliphatic carbocycles. The van der Waals surface area contributed by atoms with Crippen LogP contribution in [0.15, 0.2) is 39.9 Å². The summed E-state index contributed by atoms with van der Waals surface area (Å²) >= 11 is 0. The number of anilines is 2. The van der Waals surface area contributed by atoms with Gasteiger partial charge in [0.05, 0.1) is 24.2 Å². The van der Waals surface area contributed by atoms with E-state index in [1.165, 1.54) is 4.57 Å². The first-order chi connectivity index (χ1) is 16.4. The zero-order chi connectivity index (χ0) is 23.8. The first kappa shape index (κ1) is 22.3. The zero-order valence-corrected chi connectivity index (χ0v) is 19.5. The molecule has 1 aliphatic heterocycles. The van der Waals surface area contributed by atoms with E-state index in [2.05, 4.69) is 20.2 Å². The van der Waals surface area contributed by atoms with Crippen LogP contribution in [0, 0.1) is 5.92 Å². The number of carbonyl (C=O) groups is 1. The highest BCUT2D eigenvalue weighted by Gasteiger charge is 2.29. The number of nitrogens with zero attached hydrogens (tertiary/aromatic N) is 3. The van der Waals surface area contributed by atoms with Crippen LogP contribution in [-0.2, 0) is 11.3 Å². The average molecular weight is 464 g/mol. The molecule has 0 bridgehead atoms. The monoisotopic (exact) mass is 463 g/mol. The predicted octanol–water partition coefficient (Wildman–Crippen LogP) is 2.71. The fourth-order valence-corrected chi connectivity index (χ4v) is 4.40. The molecule has 0 unspecified atom stereocenters. The number of aromatic amines is 1. The fraction of sp³-hybridized carbons (Fsp3) is 0.440. The van der Waals surface area contributed by atoms with Gasteiger partial charge in [-0.25, -0.2) is 9.78 Å². The van der Waals surface area contributed by atoms with Crippen LogP contribution >= 0.6 is 0 Å². The Morgan fingerprint density at radius 1 is 1.21 bits per heavy atom. The minimum absolute atomic E-state index is 0.145. The first-order valence-electron chi connectivity index (χ1n) is 11.8. The lowest BCUT2D eigenvalue weighted by Gasteiger charge is -2.29. The molecular formula is C25H29N5O4. The van der Waals surface area contributed by atoms with Crippen molar-refractivity contribution < 1.29 is 9.53 Å². The molecule has 0 radical (unpaired) electrons. The van der Waals surface area contributed by atoms with Gasteiger partial charge in [-0.15, -0.1) is 0 Å². The van der Waals surface area contributed by atoms with Gasteiger partial charge in [0.15, 0.2) is 5.65 Å². The van der Waals surface area contributed by atoms with Gasteiger partial charge in [-0.1, -0.05) is 19.9 Å². The summed E-state index contributed by atoms with van der Waals surface area (Å²) in [5.74, 6) is 0.0227. The summed E-state index contributed by atoms with van der Waals surface area (Å²) in [6.45, 7) is 7.30. The molecule has 1 aromatic carbocycles. The van der Waals surface area contributed by atoms with E-state index in [0.717, 1.165) is 37.3 Å². The number of hydrogen-bond donors (Lipinski definition) is 2. The topological polar surface area (TPSA) is 109 Å². The smallest absolute Gasteiger partial charge is 0.330 e. The zero-order valence-electron chi connectivity index (χ0n) is 19.5. The van der Waals surface area contributed by atoms with E-state index in [1.54, 1.807) is 6.07 Å². The van der Waals surface area contributed by atoms with Gasteiger partial charge in [0.2, 0.25) is 0 Å². The van der Waals surface area contributed by atoms with Crippen LogP contribution in [0.2, 0.25) is 0 Å². The summed E-state index contributed by atoms with van der Waals surface area (Å²) in [6.07, 6.45) is 1.97. The molecule has 2 fully saturated rings. The first-order valence-corrected chi connectivity index (χ1v) is 11.8. The summed E-state index contributed by atoms with van der Waals surface area (Å²) in [6, 6.07) is 9.36.